The molecule has 4 aliphatic heterocycles. The van der Waals surface area contributed by atoms with Crippen LogP contribution in [0.3, 0.4) is 0 Å². The minimum atomic E-state index is -1.22. The molecule has 1 spiro atoms. The Labute approximate surface area is 195 Å². The van der Waals surface area contributed by atoms with Crippen molar-refractivity contribution in [2.75, 3.05) is 26.3 Å². The lowest BCUT2D eigenvalue weighted by Gasteiger charge is -2.39. The zero-order chi connectivity index (χ0) is 23.8. The number of cyclic esters (lactones) is 1. The predicted octanol–water partition coefficient (Wildman–Crippen LogP) is 1.82. The fraction of sp³-hybridized carbons (Fsp3) is 0.720. The third-order valence-electron chi connectivity index (χ3n) is 7.61. The third-order valence-corrected chi connectivity index (χ3v) is 7.61. The molecule has 0 saturated carbocycles. The Bertz CT molecular complexity index is 854. The Morgan fingerprint density at radius 3 is 2.58 bits per heavy atom. The van der Waals surface area contributed by atoms with Crippen LogP contribution in [0.4, 0.5) is 0 Å². The van der Waals surface area contributed by atoms with Gasteiger partial charge in [-0.2, -0.15) is 0 Å². The van der Waals surface area contributed by atoms with Crippen molar-refractivity contribution >= 4 is 17.8 Å². The molecule has 0 aromatic rings. The van der Waals surface area contributed by atoms with Crippen LogP contribution < -0.4 is 0 Å². The molecule has 33 heavy (non-hydrogen) atoms. The Balaban J connectivity index is 1.82. The third kappa shape index (κ3) is 3.71. The van der Waals surface area contributed by atoms with Gasteiger partial charge in [-0.25, -0.2) is 0 Å². The summed E-state index contributed by atoms with van der Waals surface area (Å²) in [6, 6.07) is -0.870. The number of carbonyl (C=O) groups is 3. The lowest BCUT2D eigenvalue weighted by atomic mass is 9.73. The van der Waals surface area contributed by atoms with Crippen LogP contribution in [0, 0.1) is 11.8 Å². The number of fused-ring (bicyclic) bond motifs is 2. The number of amides is 2. The highest BCUT2D eigenvalue weighted by Gasteiger charge is 2.75. The molecule has 4 aliphatic rings. The molecule has 2 saturated heterocycles. The molecule has 0 aromatic heterocycles. The fourth-order valence-electron chi connectivity index (χ4n) is 6.02. The lowest BCUT2D eigenvalue weighted by Crippen LogP contribution is -2.57. The van der Waals surface area contributed by atoms with Gasteiger partial charge < -0.3 is 24.4 Å². The molecule has 5 atom stereocenters. The molecule has 2 fully saturated rings. The van der Waals surface area contributed by atoms with Gasteiger partial charge in [0.25, 0.3) is 0 Å². The van der Waals surface area contributed by atoms with Crippen molar-refractivity contribution in [3.8, 4) is 0 Å². The maximum absolute atomic E-state index is 14.0. The highest BCUT2D eigenvalue weighted by molar-refractivity contribution is 5.99. The molecule has 8 heteroatoms. The number of ether oxygens (including phenoxy) is 2. The molecular weight excluding hydrogens is 424 g/mol. The van der Waals surface area contributed by atoms with Gasteiger partial charge in [0.05, 0.1) is 12.5 Å². The van der Waals surface area contributed by atoms with Crippen LogP contribution in [0.15, 0.2) is 24.3 Å². The van der Waals surface area contributed by atoms with Crippen molar-refractivity contribution in [3.05, 3.63) is 24.3 Å². The molecule has 0 aliphatic carbocycles. The van der Waals surface area contributed by atoms with Crippen LogP contribution in [-0.2, 0) is 23.9 Å². The van der Waals surface area contributed by atoms with Crippen LogP contribution in [0.2, 0.25) is 0 Å². The molecular formula is C25H36N2O6. The Morgan fingerprint density at radius 2 is 1.88 bits per heavy atom. The normalized spacial score (nSPS) is 35.8. The number of unbranched alkanes of at least 4 members (excludes halogenated alkanes) is 2. The minimum absolute atomic E-state index is 0.0391. The molecule has 4 rings (SSSR count). The van der Waals surface area contributed by atoms with E-state index < -0.39 is 35.0 Å². The number of nitrogens with zero attached hydrogens (tertiary/aromatic N) is 2. The number of esters is 1. The van der Waals surface area contributed by atoms with Gasteiger partial charge in [-0.3, -0.25) is 14.4 Å². The Hall–Kier alpha value is -2.19. The topological polar surface area (TPSA) is 96.4 Å². The smallest absolute Gasteiger partial charge is 0.313 e. The first kappa shape index (κ1) is 24.0. The van der Waals surface area contributed by atoms with E-state index in [2.05, 4.69) is 0 Å². The van der Waals surface area contributed by atoms with Crippen molar-refractivity contribution in [3.63, 3.8) is 0 Å². The van der Waals surface area contributed by atoms with Gasteiger partial charge in [-0.1, -0.05) is 31.2 Å². The first-order chi connectivity index (χ1) is 15.8. The number of aliphatic hydroxyl groups excluding tert-OH is 1. The fourth-order valence-corrected chi connectivity index (χ4v) is 6.02. The van der Waals surface area contributed by atoms with E-state index in [9.17, 15) is 14.4 Å². The van der Waals surface area contributed by atoms with Crippen LogP contribution in [0.25, 0.3) is 0 Å². The predicted molar refractivity (Wildman–Crippen MR) is 121 cm³/mol. The first-order valence-corrected chi connectivity index (χ1v) is 12.3. The largest absolute Gasteiger partial charge is 0.465 e. The van der Waals surface area contributed by atoms with Gasteiger partial charge in [0, 0.05) is 25.7 Å². The zero-order valence-corrected chi connectivity index (χ0v) is 19.9. The Kier molecular flexibility index (Phi) is 6.69. The molecule has 0 radical (unpaired) electrons. The summed E-state index contributed by atoms with van der Waals surface area (Å²) in [5.41, 5.74) is -2.21. The number of aliphatic hydroxyl groups is 1. The highest BCUT2D eigenvalue weighted by atomic mass is 16.6. The van der Waals surface area contributed by atoms with Gasteiger partial charge in [-0.15, -0.1) is 0 Å². The molecule has 182 valence electrons. The second-order valence-corrected chi connectivity index (χ2v) is 9.78. The average Bonchev–Trinajstić information content (AvgIpc) is 3.11. The van der Waals surface area contributed by atoms with Crippen molar-refractivity contribution in [1.29, 1.82) is 0 Å². The maximum Gasteiger partial charge on any atom is 0.313 e. The summed E-state index contributed by atoms with van der Waals surface area (Å²) < 4.78 is 12.3. The van der Waals surface area contributed by atoms with Gasteiger partial charge in [0.15, 0.2) is 0 Å². The van der Waals surface area contributed by atoms with Gasteiger partial charge >= 0.3 is 5.97 Å². The monoisotopic (exact) mass is 460 g/mol. The second-order valence-electron chi connectivity index (χ2n) is 9.78. The van der Waals surface area contributed by atoms with Crippen LogP contribution in [-0.4, -0.2) is 82.3 Å². The molecule has 1 unspecified atom stereocenters. The summed E-state index contributed by atoms with van der Waals surface area (Å²) in [5.74, 6) is -2.42. The van der Waals surface area contributed by atoms with Gasteiger partial charge in [-0.05, 0) is 46.0 Å². The first-order valence-electron chi connectivity index (χ1n) is 12.3. The molecule has 2 amide bonds. The van der Waals surface area contributed by atoms with E-state index >= 15 is 0 Å². The quantitative estimate of drug-likeness (QED) is 0.354. The summed E-state index contributed by atoms with van der Waals surface area (Å²) in [6.07, 6.45) is 10.8. The standard InChI is InChI=1S/C25H36N2O6/c1-4-24-11-6-9-16-32-23(31)19(24)18-21(29)27(13-7-5-8-15-28)20-22(30)26(17(2)3)14-10-12-25(18,20)33-24/h6,10-12,17-20,28H,4-5,7-9,13-16H2,1-3H3/t18-,19-,20?,24+,25-/m0/s1. The molecule has 0 aromatic carbocycles. The van der Waals surface area contributed by atoms with E-state index in [4.69, 9.17) is 14.6 Å². The molecule has 4 heterocycles. The summed E-state index contributed by atoms with van der Waals surface area (Å²) in [5, 5.41) is 9.14. The summed E-state index contributed by atoms with van der Waals surface area (Å²) in [4.78, 5) is 44.5. The number of hydrogen-bond donors (Lipinski definition) is 1. The average molecular weight is 461 g/mol. The second kappa shape index (κ2) is 9.22. The summed E-state index contributed by atoms with van der Waals surface area (Å²) >= 11 is 0. The van der Waals surface area contributed by atoms with E-state index in [1.807, 2.05) is 45.1 Å². The zero-order valence-electron chi connectivity index (χ0n) is 19.9. The number of hydrogen-bond acceptors (Lipinski definition) is 6. The van der Waals surface area contributed by atoms with Crippen molar-refractivity contribution in [2.45, 2.75) is 76.2 Å². The van der Waals surface area contributed by atoms with E-state index in [0.29, 0.717) is 38.8 Å². The van der Waals surface area contributed by atoms with E-state index in [-0.39, 0.29) is 31.1 Å². The molecule has 1 N–H and O–H groups in total. The van der Waals surface area contributed by atoms with Crippen LogP contribution in [0.5, 0.6) is 0 Å². The van der Waals surface area contributed by atoms with Gasteiger partial charge in [0.2, 0.25) is 11.8 Å². The maximum atomic E-state index is 14.0. The van der Waals surface area contributed by atoms with Crippen LogP contribution in [0.1, 0.15) is 52.9 Å². The lowest BCUT2D eigenvalue weighted by molar-refractivity contribution is -0.162. The van der Waals surface area contributed by atoms with Gasteiger partial charge in [0.1, 0.15) is 23.2 Å². The van der Waals surface area contributed by atoms with Crippen molar-refractivity contribution < 1.29 is 29.0 Å². The highest BCUT2D eigenvalue weighted by Crippen LogP contribution is 2.58. The molecule has 0 bridgehead atoms. The number of carbonyl (C=O) groups excluding carboxylic acids is 3. The van der Waals surface area contributed by atoms with Crippen LogP contribution >= 0.6 is 0 Å². The van der Waals surface area contributed by atoms with E-state index in [1.54, 1.807) is 9.80 Å². The van der Waals surface area contributed by atoms with Crippen molar-refractivity contribution in [1.82, 2.24) is 9.80 Å². The van der Waals surface area contributed by atoms with E-state index in [1.165, 1.54) is 0 Å². The summed E-state index contributed by atoms with van der Waals surface area (Å²) in [6.45, 7) is 7.04. The SMILES string of the molecule is CC[C@@]12C=CCCOC(=O)[C@@H]1[C@H]1C(=O)N(CCCCCO)C3C(=O)N(C(C)C)CC=C[C@@]31O2. The molecule has 8 nitrogen and oxygen atoms in total. The number of rotatable bonds is 7. The minimum Gasteiger partial charge on any atom is -0.465 e. The Morgan fingerprint density at radius 1 is 1.09 bits per heavy atom. The number of likely N-dealkylation sites (tertiary alicyclic amines) is 1. The van der Waals surface area contributed by atoms with E-state index in [0.717, 1.165) is 6.42 Å². The summed E-state index contributed by atoms with van der Waals surface area (Å²) in [7, 11) is 0. The van der Waals surface area contributed by atoms with Crippen molar-refractivity contribution in [2.24, 2.45) is 11.8 Å².